The molecule has 0 aromatic carbocycles. The van der Waals surface area contributed by atoms with Gasteiger partial charge in [-0.3, -0.25) is 9.98 Å². The van der Waals surface area contributed by atoms with E-state index in [-0.39, 0.29) is 17.8 Å². The van der Waals surface area contributed by atoms with Crippen molar-refractivity contribution in [2.75, 3.05) is 6.54 Å². The molecule has 2 aliphatic heterocycles. The van der Waals surface area contributed by atoms with Crippen molar-refractivity contribution >= 4 is 29.3 Å². The lowest BCUT2D eigenvalue weighted by Crippen LogP contribution is -2.24. The van der Waals surface area contributed by atoms with Crippen molar-refractivity contribution in [2.24, 2.45) is 9.98 Å². The first kappa shape index (κ1) is 16.3. The minimum atomic E-state index is -1.20. The van der Waals surface area contributed by atoms with Gasteiger partial charge >= 0.3 is 17.9 Å². The minimum absolute atomic E-state index is 0.168. The molecule has 3 N–H and O–H groups in total. The smallest absolute Gasteiger partial charge is 0.354 e. The Morgan fingerprint density at radius 1 is 1.00 bits per heavy atom. The molecule has 0 saturated carbocycles. The molecule has 0 radical (unpaired) electrons. The van der Waals surface area contributed by atoms with Crippen LogP contribution in [0.5, 0.6) is 0 Å². The normalized spacial score (nSPS) is 19.7. The van der Waals surface area contributed by atoms with Gasteiger partial charge in [-0.25, -0.2) is 14.4 Å². The van der Waals surface area contributed by atoms with Crippen molar-refractivity contribution in [3.8, 4) is 0 Å². The van der Waals surface area contributed by atoms with Crippen LogP contribution in [-0.4, -0.2) is 57.2 Å². The summed E-state index contributed by atoms with van der Waals surface area (Å²) in [5.74, 6) is -3.23. The van der Waals surface area contributed by atoms with Crippen LogP contribution in [0.4, 0.5) is 0 Å². The molecule has 0 fully saturated rings. The van der Waals surface area contributed by atoms with Crippen molar-refractivity contribution in [1.82, 2.24) is 0 Å². The first-order chi connectivity index (χ1) is 9.91. The topological polar surface area (TPSA) is 137 Å². The van der Waals surface area contributed by atoms with E-state index in [1.54, 1.807) is 0 Å². The SMILES string of the molecule is O=C(O)C1=NCCC=C1.O=C(O)C1=N[C@H](C(=O)O)CC=C1. The quantitative estimate of drug-likeness (QED) is 0.689. The number of dihydropyridines is 2. The third-order valence-electron chi connectivity index (χ3n) is 2.51. The largest absolute Gasteiger partial charge is 0.480 e. The molecular formula is C13H14N2O6. The van der Waals surface area contributed by atoms with Gasteiger partial charge in [-0.05, 0) is 25.0 Å². The van der Waals surface area contributed by atoms with Gasteiger partial charge < -0.3 is 15.3 Å². The van der Waals surface area contributed by atoms with Gasteiger partial charge in [0.25, 0.3) is 0 Å². The number of aliphatic carboxylic acids is 3. The highest BCUT2D eigenvalue weighted by Gasteiger charge is 2.20. The fourth-order valence-corrected chi connectivity index (χ4v) is 1.50. The zero-order valence-electron chi connectivity index (χ0n) is 11.0. The molecule has 0 aliphatic carbocycles. The Balaban J connectivity index is 0.000000219. The predicted octanol–water partition coefficient (Wildman–Crippen LogP) is 0.397. The van der Waals surface area contributed by atoms with Crippen molar-refractivity contribution in [3.05, 3.63) is 24.3 Å². The molecule has 0 saturated heterocycles. The molecule has 0 bridgehead atoms. The summed E-state index contributed by atoms with van der Waals surface area (Å²) in [6.07, 6.45) is 7.27. The molecule has 8 heteroatoms. The van der Waals surface area contributed by atoms with Crippen LogP contribution >= 0.6 is 0 Å². The Bertz CT molecular complexity index is 559. The third kappa shape index (κ3) is 5.39. The van der Waals surface area contributed by atoms with E-state index in [1.807, 2.05) is 6.08 Å². The molecule has 0 aromatic heterocycles. The zero-order chi connectivity index (χ0) is 15.8. The summed E-state index contributed by atoms with van der Waals surface area (Å²) < 4.78 is 0. The molecule has 21 heavy (non-hydrogen) atoms. The average Bonchev–Trinajstić information content (AvgIpc) is 2.49. The summed E-state index contributed by atoms with van der Waals surface area (Å²) in [5.41, 5.74) is -0.0325. The Kier molecular flexibility index (Phi) is 5.99. The fourth-order valence-electron chi connectivity index (χ4n) is 1.50. The summed E-state index contributed by atoms with van der Waals surface area (Å²) >= 11 is 0. The summed E-state index contributed by atoms with van der Waals surface area (Å²) in [5, 5.41) is 25.3. The van der Waals surface area contributed by atoms with E-state index in [0.717, 1.165) is 6.42 Å². The number of carboxylic acids is 3. The molecule has 2 rings (SSSR count). The van der Waals surface area contributed by atoms with E-state index in [2.05, 4.69) is 9.98 Å². The number of aliphatic imine (C=N–C) groups is 2. The zero-order valence-corrected chi connectivity index (χ0v) is 11.0. The summed E-state index contributed by atoms with van der Waals surface area (Å²) in [6.45, 7) is 0.609. The first-order valence-corrected chi connectivity index (χ1v) is 6.06. The van der Waals surface area contributed by atoms with Crippen molar-refractivity contribution in [3.63, 3.8) is 0 Å². The Morgan fingerprint density at radius 3 is 2.05 bits per heavy atom. The van der Waals surface area contributed by atoms with Crippen LogP contribution in [-0.2, 0) is 14.4 Å². The fraction of sp³-hybridized carbons (Fsp3) is 0.308. The lowest BCUT2D eigenvalue weighted by atomic mass is 10.1. The van der Waals surface area contributed by atoms with Gasteiger partial charge in [0, 0.05) is 6.54 Å². The van der Waals surface area contributed by atoms with Crippen LogP contribution in [0.2, 0.25) is 0 Å². The molecule has 8 nitrogen and oxygen atoms in total. The van der Waals surface area contributed by atoms with Crippen molar-refractivity contribution in [1.29, 1.82) is 0 Å². The molecule has 2 aliphatic rings. The van der Waals surface area contributed by atoms with Crippen LogP contribution < -0.4 is 0 Å². The van der Waals surface area contributed by atoms with Gasteiger partial charge in [-0.15, -0.1) is 0 Å². The number of hydrogen-bond donors (Lipinski definition) is 3. The third-order valence-corrected chi connectivity index (χ3v) is 2.51. The monoisotopic (exact) mass is 294 g/mol. The van der Waals surface area contributed by atoms with Crippen LogP contribution in [0, 0.1) is 0 Å². The lowest BCUT2D eigenvalue weighted by Gasteiger charge is -2.08. The summed E-state index contributed by atoms with van der Waals surface area (Å²) in [6, 6.07) is -0.943. The number of rotatable bonds is 3. The van der Waals surface area contributed by atoms with Crippen LogP contribution in [0.25, 0.3) is 0 Å². The predicted molar refractivity (Wildman–Crippen MR) is 73.9 cm³/mol. The van der Waals surface area contributed by atoms with E-state index in [4.69, 9.17) is 15.3 Å². The van der Waals surface area contributed by atoms with Crippen LogP contribution in [0.1, 0.15) is 12.8 Å². The van der Waals surface area contributed by atoms with E-state index in [0.29, 0.717) is 6.54 Å². The minimum Gasteiger partial charge on any atom is -0.480 e. The van der Waals surface area contributed by atoms with Gasteiger partial charge in [0.1, 0.15) is 11.4 Å². The van der Waals surface area contributed by atoms with Crippen LogP contribution in [0.3, 0.4) is 0 Å². The second-order valence-corrected chi connectivity index (χ2v) is 4.07. The maximum atomic E-state index is 10.4. The number of carbonyl (C=O) groups is 3. The number of nitrogens with zero attached hydrogens (tertiary/aromatic N) is 2. The standard InChI is InChI=1S/C7H7NO4.C6H7NO2/c9-6(10)4-2-1-3-5(8-4)7(11)12;8-6(9)5-3-1-2-4-7-5/h1-2,5H,3H2,(H,9,10)(H,11,12);1,3H,2,4H2,(H,8,9)/t5-;/m0./s1. The van der Waals surface area contributed by atoms with E-state index < -0.39 is 23.9 Å². The van der Waals surface area contributed by atoms with Gasteiger partial charge in [0.15, 0.2) is 6.04 Å². The molecule has 0 unspecified atom stereocenters. The highest BCUT2D eigenvalue weighted by Crippen LogP contribution is 2.06. The van der Waals surface area contributed by atoms with Crippen LogP contribution in [0.15, 0.2) is 34.3 Å². The summed E-state index contributed by atoms with van der Waals surface area (Å²) in [7, 11) is 0. The second kappa shape index (κ2) is 7.73. The van der Waals surface area contributed by atoms with Crippen molar-refractivity contribution in [2.45, 2.75) is 18.9 Å². The van der Waals surface area contributed by atoms with E-state index in [1.165, 1.54) is 18.2 Å². The average molecular weight is 294 g/mol. The Morgan fingerprint density at radius 2 is 1.62 bits per heavy atom. The highest BCUT2D eigenvalue weighted by atomic mass is 16.4. The molecule has 112 valence electrons. The second-order valence-electron chi connectivity index (χ2n) is 4.07. The Labute approximate surface area is 119 Å². The molecule has 0 spiro atoms. The van der Waals surface area contributed by atoms with Gasteiger partial charge in [-0.1, -0.05) is 12.2 Å². The lowest BCUT2D eigenvalue weighted by molar-refractivity contribution is -0.138. The van der Waals surface area contributed by atoms with Gasteiger partial charge in [-0.2, -0.15) is 0 Å². The Hall–Kier alpha value is -2.77. The maximum Gasteiger partial charge on any atom is 0.354 e. The number of carboxylic acid groups (broad SMARTS) is 3. The molecule has 0 aromatic rings. The molecule has 2 heterocycles. The van der Waals surface area contributed by atoms with E-state index in [9.17, 15) is 14.4 Å². The van der Waals surface area contributed by atoms with E-state index >= 15 is 0 Å². The number of hydrogen-bond acceptors (Lipinski definition) is 5. The maximum absolute atomic E-state index is 10.4. The molecule has 1 atom stereocenters. The molecule has 0 amide bonds. The van der Waals surface area contributed by atoms with Gasteiger partial charge in [0.05, 0.1) is 0 Å². The first-order valence-electron chi connectivity index (χ1n) is 6.06. The van der Waals surface area contributed by atoms with Gasteiger partial charge in [0.2, 0.25) is 0 Å². The summed E-state index contributed by atoms with van der Waals surface area (Å²) in [4.78, 5) is 38.2. The van der Waals surface area contributed by atoms with Crippen molar-refractivity contribution < 1.29 is 29.7 Å². The highest BCUT2D eigenvalue weighted by molar-refractivity contribution is 6.41. The molecular weight excluding hydrogens is 280 g/mol.